The number of carbonyl (C=O) groups is 4. The summed E-state index contributed by atoms with van der Waals surface area (Å²) in [5.41, 5.74) is -0.00229. The number of hydrogen-bond acceptors (Lipinski definition) is 5. The van der Waals surface area contributed by atoms with Crippen molar-refractivity contribution in [2.24, 2.45) is 29.1 Å². The predicted molar refractivity (Wildman–Crippen MR) is 183 cm³/mol. The van der Waals surface area contributed by atoms with Gasteiger partial charge in [-0.3, -0.25) is 19.2 Å². The van der Waals surface area contributed by atoms with Crippen LogP contribution in [0.5, 0.6) is 0 Å². The minimum absolute atomic E-state index is 0.0470. The van der Waals surface area contributed by atoms with Crippen molar-refractivity contribution in [2.75, 3.05) is 6.54 Å². The molecule has 9 nitrogen and oxygen atoms in total. The Labute approximate surface area is 283 Å². The van der Waals surface area contributed by atoms with E-state index < -0.39 is 46.7 Å². The monoisotopic (exact) mass is 652 g/mol. The molecule has 4 N–H and O–H groups in total. The summed E-state index contributed by atoms with van der Waals surface area (Å²) in [6.07, 6.45) is 9.22. The summed E-state index contributed by atoms with van der Waals surface area (Å²) in [5.74, 6) is -2.54. The Balaban J connectivity index is 1.40. The van der Waals surface area contributed by atoms with Crippen LogP contribution in [0.2, 0.25) is 0 Å². The van der Waals surface area contributed by atoms with Crippen molar-refractivity contribution in [3.05, 3.63) is 96.1 Å². The number of rotatable bonds is 6. The van der Waals surface area contributed by atoms with E-state index in [0.717, 1.165) is 11.1 Å². The zero-order valence-corrected chi connectivity index (χ0v) is 28.3. The molecule has 3 aliphatic heterocycles. The first-order valence-electron chi connectivity index (χ1n) is 17.3. The largest absolute Gasteiger partial charge is 0.365 e. The maximum atomic E-state index is 15.0. The second kappa shape index (κ2) is 13.7. The molecule has 254 valence electrons. The van der Waals surface area contributed by atoms with E-state index in [4.69, 9.17) is 4.74 Å². The van der Waals surface area contributed by atoms with Gasteiger partial charge in [0.1, 0.15) is 17.5 Å². The van der Waals surface area contributed by atoms with Gasteiger partial charge in [-0.2, -0.15) is 0 Å². The molecule has 1 aliphatic carbocycles. The highest BCUT2D eigenvalue weighted by Crippen LogP contribution is 2.65. The number of nitrogens with one attached hydrogen (secondary N) is 4. The molecule has 2 unspecified atom stereocenters. The molecule has 9 atom stereocenters. The van der Waals surface area contributed by atoms with Gasteiger partial charge in [0.05, 0.1) is 11.7 Å². The first kappa shape index (κ1) is 33.7. The molecule has 4 amide bonds. The van der Waals surface area contributed by atoms with Crippen LogP contribution >= 0.6 is 0 Å². The number of epoxide rings is 1. The average molecular weight is 653 g/mol. The maximum absolute atomic E-state index is 15.0. The van der Waals surface area contributed by atoms with E-state index in [1.54, 1.807) is 0 Å². The number of carbonyl (C=O) groups excluding carboxylic acids is 4. The number of fused-ring (bicyclic) bond motifs is 2. The minimum Gasteiger partial charge on any atom is -0.365 e. The van der Waals surface area contributed by atoms with Gasteiger partial charge in [0.25, 0.3) is 0 Å². The van der Waals surface area contributed by atoms with E-state index >= 15 is 4.79 Å². The third kappa shape index (κ3) is 6.32. The number of ether oxygens (including phenoxy) is 1. The van der Waals surface area contributed by atoms with Gasteiger partial charge in [0.2, 0.25) is 23.6 Å². The molecule has 0 bridgehead atoms. The lowest BCUT2D eigenvalue weighted by molar-refractivity contribution is -0.151. The summed E-state index contributed by atoms with van der Waals surface area (Å²) in [7, 11) is 0. The number of hydrogen-bond donors (Lipinski definition) is 4. The van der Waals surface area contributed by atoms with Gasteiger partial charge in [-0.05, 0) is 49.1 Å². The molecule has 2 aromatic carbocycles. The van der Waals surface area contributed by atoms with Crippen molar-refractivity contribution in [2.45, 2.75) is 83.2 Å². The predicted octanol–water partition coefficient (Wildman–Crippen LogP) is 3.64. The van der Waals surface area contributed by atoms with Crippen LogP contribution in [-0.4, -0.2) is 60.0 Å². The number of benzene rings is 2. The summed E-state index contributed by atoms with van der Waals surface area (Å²) in [4.78, 5) is 57.0. The highest BCUT2D eigenvalue weighted by atomic mass is 16.6. The van der Waals surface area contributed by atoms with E-state index in [9.17, 15) is 14.4 Å². The van der Waals surface area contributed by atoms with E-state index in [1.165, 1.54) is 0 Å². The normalized spacial score (nSPS) is 36.4. The first-order chi connectivity index (χ1) is 23.1. The molecule has 48 heavy (non-hydrogen) atoms. The molecule has 0 radical (unpaired) electrons. The fourth-order valence-corrected chi connectivity index (χ4v) is 8.38. The van der Waals surface area contributed by atoms with Gasteiger partial charge in [0, 0.05) is 30.8 Å². The highest BCUT2D eigenvalue weighted by Gasteiger charge is 2.78. The minimum atomic E-state index is -1.49. The van der Waals surface area contributed by atoms with Gasteiger partial charge in [-0.1, -0.05) is 106 Å². The second-order valence-electron chi connectivity index (χ2n) is 14.5. The van der Waals surface area contributed by atoms with Crippen molar-refractivity contribution >= 4 is 23.6 Å². The maximum Gasteiger partial charge on any atom is 0.243 e. The van der Waals surface area contributed by atoms with E-state index in [0.29, 0.717) is 32.2 Å². The summed E-state index contributed by atoms with van der Waals surface area (Å²) in [6, 6.07) is 17.4. The molecule has 0 aromatic heterocycles. The van der Waals surface area contributed by atoms with Crippen molar-refractivity contribution < 1.29 is 23.9 Å². The summed E-state index contributed by atoms with van der Waals surface area (Å²) < 4.78 is 6.42. The molecule has 2 saturated heterocycles. The van der Waals surface area contributed by atoms with Crippen LogP contribution in [0.4, 0.5) is 0 Å². The Kier molecular flexibility index (Phi) is 9.61. The molecule has 3 heterocycles. The fourth-order valence-electron chi connectivity index (χ4n) is 8.38. The van der Waals surface area contributed by atoms with Crippen molar-refractivity contribution in [3.63, 3.8) is 0 Å². The lowest BCUT2D eigenvalue weighted by atomic mass is 9.52. The summed E-state index contributed by atoms with van der Waals surface area (Å²) in [5, 5.41) is 12.2. The van der Waals surface area contributed by atoms with Crippen molar-refractivity contribution in [1.29, 1.82) is 0 Å². The Morgan fingerprint density at radius 3 is 2.10 bits per heavy atom. The van der Waals surface area contributed by atoms with E-state index in [1.807, 2.05) is 98.8 Å². The molecule has 1 spiro atoms. The van der Waals surface area contributed by atoms with Crippen LogP contribution in [0.3, 0.4) is 0 Å². The Hall–Kier alpha value is -4.24. The zero-order chi connectivity index (χ0) is 34.1. The van der Waals surface area contributed by atoms with Gasteiger partial charge < -0.3 is 26.0 Å². The van der Waals surface area contributed by atoms with Crippen LogP contribution in [0.1, 0.15) is 51.7 Å². The van der Waals surface area contributed by atoms with Gasteiger partial charge >= 0.3 is 0 Å². The van der Waals surface area contributed by atoms with E-state index in [2.05, 4.69) is 35.1 Å². The number of allylic oxidation sites excluding steroid dienone is 2. The van der Waals surface area contributed by atoms with Gasteiger partial charge in [-0.15, -0.1) is 0 Å². The second-order valence-corrected chi connectivity index (χ2v) is 14.5. The average Bonchev–Trinajstić information content (AvgIpc) is 3.68. The van der Waals surface area contributed by atoms with Crippen LogP contribution in [0.15, 0.2) is 85.0 Å². The lowest BCUT2D eigenvalue weighted by Crippen LogP contribution is -2.64. The fraction of sp³-hybridized carbons (Fsp3) is 0.487. The molecular weight excluding hydrogens is 604 g/mol. The Morgan fingerprint density at radius 2 is 1.44 bits per heavy atom. The third-order valence-electron chi connectivity index (χ3n) is 10.9. The summed E-state index contributed by atoms with van der Waals surface area (Å²) in [6.45, 7) is 8.45. The van der Waals surface area contributed by atoms with Crippen LogP contribution in [-0.2, 0) is 36.8 Å². The third-order valence-corrected chi connectivity index (χ3v) is 10.9. The van der Waals surface area contributed by atoms with E-state index in [-0.39, 0.29) is 35.8 Å². The van der Waals surface area contributed by atoms with Crippen LogP contribution in [0.25, 0.3) is 0 Å². The molecule has 4 aliphatic rings. The van der Waals surface area contributed by atoms with Crippen LogP contribution in [0, 0.1) is 29.1 Å². The number of amides is 4. The summed E-state index contributed by atoms with van der Waals surface area (Å²) >= 11 is 0. The Bertz CT molecular complexity index is 1580. The molecule has 1 saturated carbocycles. The van der Waals surface area contributed by atoms with Crippen molar-refractivity contribution in [3.8, 4) is 0 Å². The first-order valence-corrected chi connectivity index (χ1v) is 17.3. The van der Waals surface area contributed by atoms with Gasteiger partial charge in [-0.25, -0.2) is 0 Å². The topological polar surface area (TPSA) is 129 Å². The lowest BCUT2D eigenvalue weighted by Gasteiger charge is -2.46. The molecule has 2 aromatic rings. The van der Waals surface area contributed by atoms with Crippen molar-refractivity contribution in [1.82, 2.24) is 21.3 Å². The quantitative estimate of drug-likeness (QED) is 0.215. The smallest absolute Gasteiger partial charge is 0.243 e. The SMILES string of the molecule is CC(C)C[C@@H]1NC(=O)[C@@]23C(=O)N[C@@H](Cc4ccccc4)C2[C@H](C)[C@@]2(C)O[C@H]2C3/C=C/C/C=C\CNC(=O)[C@H](Cc2ccccc2)NC1=O. The standard InChI is InChI=1S/C39H48N4O5/c1-24(2)21-30-35(45)41-31(23-27-17-11-8-12-18-27)34(44)40-20-14-6-5-13-19-28-33-38(4,48-33)25(3)32-29(22-26-15-9-7-10-16-26)42-36(46)39(28,32)37(47)43-30/h6-19,24-25,28-33H,5,20-23H2,1-4H3,(H,40,44)(H,41,45)(H,42,46)(H,43,47)/b14-6-,19-13+/t25-,28?,29-,30-,31-,32?,33-,38+,39+/m0/s1. The highest BCUT2D eigenvalue weighted by molar-refractivity contribution is 6.09. The van der Waals surface area contributed by atoms with Crippen LogP contribution < -0.4 is 21.3 Å². The molecule has 9 heteroatoms. The van der Waals surface area contributed by atoms with Gasteiger partial charge in [0.15, 0.2) is 0 Å². The molecule has 3 fully saturated rings. The molecular formula is C39H48N4O5. The molecule has 6 rings (SSSR count). The zero-order valence-electron chi connectivity index (χ0n) is 28.3. The Morgan fingerprint density at radius 1 is 0.792 bits per heavy atom.